The van der Waals surface area contributed by atoms with Crippen LogP contribution in [0.25, 0.3) is 10.9 Å². The van der Waals surface area contributed by atoms with Gasteiger partial charge in [0.05, 0.1) is 18.7 Å². The molecule has 3 aromatic rings. The second kappa shape index (κ2) is 6.97. The standard InChI is InChI=1S/C20H18N4O4/c25-20(13-1-4-17-18(9-13)28-12-27-17)23-14-2-3-15-16(10-14)21-11-22-19(15)24-5-7-26-8-6-24/h1-4,9-11H,5-8,12H2,(H,23,25). The number of anilines is 2. The minimum absolute atomic E-state index is 0.177. The van der Waals surface area contributed by atoms with Crippen LogP contribution in [0.3, 0.4) is 0 Å². The number of hydrogen-bond acceptors (Lipinski definition) is 7. The Morgan fingerprint density at radius 2 is 1.86 bits per heavy atom. The third kappa shape index (κ3) is 3.07. The van der Waals surface area contributed by atoms with E-state index in [0.29, 0.717) is 36.0 Å². The normalized spacial score (nSPS) is 15.6. The van der Waals surface area contributed by atoms with E-state index < -0.39 is 0 Å². The van der Waals surface area contributed by atoms with E-state index in [2.05, 4.69) is 20.2 Å². The Balaban J connectivity index is 1.40. The zero-order chi connectivity index (χ0) is 18.9. The predicted octanol–water partition coefficient (Wildman–Crippen LogP) is 2.45. The Labute approximate surface area is 161 Å². The highest BCUT2D eigenvalue weighted by Gasteiger charge is 2.18. The quantitative estimate of drug-likeness (QED) is 0.749. The number of carbonyl (C=O) groups excluding carboxylic acids is 1. The van der Waals surface area contributed by atoms with Crippen LogP contribution < -0.4 is 19.7 Å². The number of fused-ring (bicyclic) bond motifs is 2. The number of nitrogens with one attached hydrogen (secondary N) is 1. The average molecular weight is 378 g/mol. The number of morpholine rings is 1. The lowest BCUT2D eigenvalue weighted by atomic mass is 10.1. The first kappa shape index (κ1) is 16.8. The van der Waals surface area contributed by atoms with Crippen LogP contribution in [0.1, 0.15) is 10.4 Å². The van der Waals surface area contributed by atoms with Crippen LogP contribution in [0.2, 0.25) is 0 Å². The van der Waals surface area contributed by atoms with Crippen molar-refractivity contribution < 1.29 is 19.0 Å². The van der Waals surface area contributed by atoms with Gasteiger partial charge in [0.2, 0.25) is 6.79 Å². The van der Waals surface area contributed by atoms with Crippen LogP contribution in [0.5, 0.6) is 11.5 Å². The second-order valence-corrected chi connectivity index (χ2v) is 6.55. The van der Waals surface area contributed by atoms with E-state index in [1.54, 1.807) is 24.5 Å². The third-order valence-electron chi connectivity index (χ3n) is 4.82. The topological polar surface area (TPSA) is 85.8 Å². The van der Waals surface area contributed by atoms with Crippen molar-refractivity contribution in [2.45, 2.75) is 0 Å². The first-order valence-corrected chi connectivity index (χ1v) is 9.06. The number of nitrogens with zero attached hydrogens (tertiary/aromatic N) is 3. The van der Waals surface area contributed by atoms with E-state index in [4.69, 9.17) is 14.2 Å². The molecule has 8 nitrogen and oxygen atoms in total. The van der Waals surface area contributed by atoms with Crippen molar-refractivity contribution in [2.75, 3.05) is 43.3 Å². The van der Waals surface area contributed by atoms with Gasteiger partial charge in [0.1, 0.15) is 12.1 Å². The first-order chi connectivity index (χ1) is 13.8. The molecule has 0 atom stereocenters. The smallest absolute Gasteiger partial charge is 0.255 e. The monoisotopic (exact) mass is 378 g/mol. The number of benzene rings is 2. The van der Waals surface area contributed by atoms with Crippen LogP contribution >= 0.6 is 0 Å². The highest BCUT2D eigenvalue weighted by Crippen LogP contribution is 2.33. The molecule has 3 heterocycles. The molecule has 2 aliphatic rings. The Kier molecular flexibility index (Phi) is 4.17. The summed E-state index contributed by atoms with van der Waals surface area (Å²) in [5.41, 5.74) is 1.95. The van der Waals surface area contributed by atoms with Gasteiger partial charge < -0.3 is 24.4 Å². The summed E-state index contributed by atoms with van der Waals surface area (Å²) in [5, 5.41) is 3.86. The molecule has 2 aliphatic heterocycles. The molecule has 2 aromatic carbocycles. The van der Waals surface area contributed by atoms with Gasteiger partial charge >= 0.3 is 0 Å². The zero-order valence-electron chi connectivity index (χ0n) is 15.1. The van der Waals surface area contributed by atoms with Crippen LogP contribution in [0, 0.1) is 0 Å². The number of carbonyl (C=O) groups is 1. The molecule has 28 heavy (non-hydrogen) atoms. The van der Waals surface area contributed by atoms with Gasteiger partial charge in [0, 0.05) is 29.7 Å². The number of ether oxygens (including phenoxy) is 3. The molecule has 0 spiro atoms. The minimum Gasteiger partial charge on any atom is -0.454 e. The van der Waals surface area contributed by atoms with Crippen molar-refractivity contribution in [2.24, 2.45) is 0 Å². The van der Waals surface area contributed by atoms with Gasteiger partial charge in [-0.15, -0.1) is 0 Å². The number of amides is 1. The van der Waals surface area contributed by atoms with Crippen LogP contribution in [0.4, 0.5) is 11.5 Å². The van der Waals surface area contributed by atoms with Crippen molar-refractivity contribution >= 4 is 28.3 Å². The van der Waals surface area contributed by atoms with Crippen molar-refractivity contribution in [3.05, 3.63) is 48.3 Å². The molecule has 1 saturated heterocycles. The van der Waals surface area contributed by atoms with E-state index in [-0.39, 0.29) is 12.7 Å². The van der Waals surface area contributed by atoms with E-state index in [1.807, 2.05) is 18.2 Å². The maximum Gasteiger partial charge on any atom is 0.255 e. The molecule has 0 bridgehead atoms. The van der Waals surface area contributed by atoms with Gasteiger partial charge in [0.25, 0.3) is 5.91 Å². The van der Waals surface area contributed by atoms with Gasteiger partial charge in [-0.1, -0.05) is 0 Å². The number of aromatic nitrogens is 2. The molecule has 0 radical (unpaired) electrons. The summed E-state index contributed by atoms with van der Waals surface area (Å²) in [7, 11) is 0. The maximum atomic E-state index is 12.6. The van der Waals surface area contributed by atoms with Gasteiger partial charge in [-0.3, -0.25) is 4.79 Å². The molecule has 0 aliphatic carbocycles. The molecule has 142 valence electrons. The molecule has 0 unspecified atom stereocenters. The summed E-state index contributed by atoms with van der Waals surface area (Å²) in [6, 6.07) is 10.8. The summed E-state index contributed by atoms with van der Waals surface area (Å²) in [4.78, 5) is 23.6. The highest BCUT2D eigenvalue weighted by atomic mass is 16.7. The summed E-state index contributed by atoms with van der Waals surface area (Å²) in [6.45, 7) is 3.16. The molecule has 1 amide bonds. The largest absolute Gasteiger partial charge is 0.454 e. The van der Waals surface area contributed by atoms with E-state index >= 15 is 0 Å². The molecule has 1 aromatic heterocycles. The molecular weight excluding hydrogens is 360 g/mol. The molecule has 1 N–H and O–H groups in total. The number of hydrogen-bond donors (Lipinski definition) is 1. The lowest BCUT2D eigenvalue weighted by molar-refractivity contribution is 0.102. The van der Waals surface area contributed by atoms with Crippen LogP contribution in [-0.2, 0) is 4.74 Å². The fourth-order valence-electron chi connectivity index (χ4n) is 3.39. The Hall–Kier alpha value is -3.39. The lowest BCUT2D eigenvalue weighted by Crippen LogP contribution is -2.36. The zero-order valence-corrected chi connectivity index (χ0v) is 15.1. The Morgan fingerprint density at radius 1 is 1.00 bits per heavy atom. The van der Waals surface area contributed by atoms with Crippen molar-refractivity contribution in [1.29, 1.82) is 0 Å². The summed E-state index contributed by atoms with van der Waals surface area (Å²) in [6.07, 6.45) is 1.55. The lowest BCUT2D eigenvalue weighted by Gasteiger charge is -2.28. The molecule has 1 fully saturated rings. The van der Waals surface area contributed by atoms with Crippen molar-refractivity contribution in [3.8, 4) is 11.5 Å². The number of rotatable bonds is 3. The predicted molar refractivity (Wildman–Crippen MR) is 103 cm³/mol. The van der Waals surface area contributed by atoms with Gasteiger partial charge in [0.15, 0.2) is 11.5 Å². The van der Waals surface area contributed by atoms with E-state index in [9.17, 15) is 4.79 Å². The molecule has 0 saturated carbocycles. The Bertz CT molecular complexity index is 1050. The molecule has 8 heteroatoms. The van der Waals surface area contributed by atoms with Gasteiger partial charge in [-0.25, -0.2) is 9.97 Å². The highest BCUT2D eigenvalue weighted by molar-refractivity contribution is 6.05. The minimum atomic E-state index is -0.222. The van der Waals surface area contributed by atoms with Gasteiger partial charge in [-0.05, 0) is 36.4 Å². The fourth-order valence-corrected chi connectivity index (χ4v) is 3.39. The summed E-state index contributed by atoms with van der Waals surface area (Å²) >= 11 is 0. The van der Waals surface area contributed by atoms with E-state index in [1.165, 1.54) is 0 Å². The average Bonchev–Trinajstić information content (AvgIpc) is 3.21. The maximum absolute atomic E-state index is 12.6. The molecule has 5 rings (SSSR count). The summed E-state index contributed by atoms with van der Waals surface area (Å²) in [5.74, 6) is 1.89. The van der Waals surface area contributed by atoms with Gasteiger partial charge in [-0.2, -0.15) is 0 Å². The Morgan fingerprint density at radius 3 is 2.75 bits per heavy atom. The second-order valence-electron chi connectivity index (χ2n) is 6.55. The van der Waals surface area contributed by atoms with Crippen LogP contribution in [0.15, 0.2) is 42.7 Å². The summed E-state index contributed by atoms with van der Waals surface area (Å²) < 4.78 is 16.0. The third-order valence-corrected chi connectivity index (χ3v) is 4.82. The first-order valence-electron chi connectivity index (χ1n) is 9.06. The molecular formula is C20H18N4O4. The SMILES string of the molecule is O=C(Nc1ccc2c(N3CCOCC3)ncnc2c1)c1ccc2c(c1)OCO2. The van der Waals surface area contributed by atoms with Crippen molar-refractivity contribution in [3.63, 3.8) is 0 Å². The van der Waals surface area contributed by atoms with Crippen molar-refractivity contribution in [1.82, 2.24) is 9.97 Å². The van der Waals surface area contributed by atoms with Crippen LogP contribution in [-0.4, -0.2) is 49.0 Å². The van der Waals surface area contributed by atoms with E-state index in [0.717, 1.165) is 29.8 Å². The fraction of sp³-hybridized carbons (Fsp3) is 0.250.